The highest BCUT2D eigenvalue weighted by Crippen LogP contribution is 2.48. The summed E-state index contributed by atoms with van der Waals surface area (Å²) in [6.45, 7) is 1.94. The fraction of sp³-hybridized carbons (Fsp3) is 0.0909. The second kappa shape index (κ2) is 4.99. The lowest BCUT2D eigenvalue weighted by Gasteiger charge is -1.86. The molecule has 0 spiro atoms. The zero-order valence-electron chi connectivity index (χ0n) is 8.53. The monoisotopic (exact) mass is 268 g/mol. The lowest BCUT2D eigenvalue weighted by atomic mass is 10.4. The number of aromatic nitrogens is 2. The van der Waals surface area contributed by atoms with Gasteiger partial charge in [0.1, 0.15) is 0 Å². The predicted molar refractivity (Wildman–Crippen MR) is 69.7 cm³/mol. The minimum atomic E-state index is 0.546. The van der Waals surface area contributed by atoms with Crippen LogP contribution in [0.25, 0.3) is 0 Å². The van der Waals surface area contributed by atoms with Gasteiger partial charge in [0, 0.05) is 26.7 Å². The summed E-state index contributed by atoms with van der Waals surface area (Å²) in [5, 5.41) is 0.841. The molecule has 0 saturated carbocycles. The maximum absolute atomic E-state index is 5.66. The third kappa shape index (κ3) is 3.33. The van der Waals surface area contributed by atoms with Gasteiger partial charge in [-0.1, -0.05) is 23.4 Å². The van der Waals surface area contributed by atoms with Crippen molar-refractivity contribution in [2.75, 3.05) is 0 Å². The first kappa shape index (κ1) is 11.6. The van der Waals surface area contributed by atoms with Crippen LogP contribution in [0.4, 0.5) is 0 Å². The van der Waals surface area contributed by atoms with Gasteiger partial charge in [-0.3, -0.25) is 0 Å². The van der Waals surface area contributed by atoms with Crippen LogP contribution < -0.4 is 0 Å². The average Bonchev–Trinajstić information content (AvgIpc) is 2.96. The maximum Gasteiger partial charge on any atom is 0.196 e. The zero-order valence-corrected chi connectivity index (χ0v) is 10.9. The Balaban J connectivity index is 0.000000120. The molecule has 1 N–H and O–H groups in total. The second-order valence-corrected chi connectivity index (χ2v) is 5.16. The van der Waals surface area contributed by atoms with Gasteiger partial charge in [-0.25, -0.2) is 4.98 Å². The van der Waals surface area contributed by atoms with Gasteiger partial charge in [0.15, 0.2) is 4.77 Å². The van der Waals surface area contributed by atoms with Crippen molar-refractivity contribution < 1.29 is 0 Å². The van der Waals surface area contributed by atoms with Crippen molar-refractivity contribution in [1.29, 1.82) is 0 Å². The van der Waals surface area contributed by atoms with Gasteiger partial charge in [-0.05, 0) is 43.4 Å². The molecule has 0 radical (unpaired) electrons. The Morgan fingerprint density at radius 1 is 1.31 bits per heavy atom. The smallest absolute Gasteiger partial charge is 0.196 e. The lowest BCUT2D eigenvalue weighted by molar-refractivity contribution is 1.07. The first-order valence-electron chi connectivity index (χ1n) is 4.64. The van der Waals surface area contributed by atoms with Crippen molar-refractivity contribution in [2.45, 2.75) is 16.7 Å². The average molecular weight is 269 g/mol. The first-order chi connectivity index (χ1) is 7.65. The van der Waals surface area contributed by atoms with Crippen LogP contribution in [0.5, 0.6) is 0 Å². The zero-order chi connectivity index (χ0) is 11.5. The van der Waals surface area contributed by atoms with Crippen molar-refractivity contribution in [1.82, 2.24) is 9.97 Å². The Hall–Kier alpha value is -0.840. The molecule has 2 nitrogen and oxygen atoms in total. The molecule has 82 valence electrons. The summed E-state index contributed by atoms with van der Waals surface area (Å²) in [5.74, 6) is 0. The van der Waals surface area contributed by atoms with E-state index < -0.39 is 0 Å². The molecule has 16 heavy (non-hydrogen) atoms. The molecule has 2 heterocycles. The number of hydrogen-bond acceptors (Lipinski definition) is 3. The summed E-state index contributed by atoms with van der Waals surface area (Å²) in [6.07, 6.45) is 1.69. The molecule has 0 bridgehead atoms. The molecule has 0 atom stereocenters. The molecular weight excluding hydrogens is 260 g/mol. The van der Waals surface area contributed by atoms with Crippen molar-refractivity contribution in [3.05, 3.63) is 45.9 Å². The second-order valence-electron chi connectivity index (χ2n) is 3.25. The van der Waals surface area contributed by atoms with E-state index in [1.165, 1.54) is 9.79 Å². The number of H-pyrrole nitrogens is 1. The van der Waals surface area contributed by atoms with E-state index in [0.29, 0.717) is 4.77 Å². The Bertz CT molecular complexity index is 565. The normalized spacial score (nSPS) is 11.1. The van der Waals surface area contributed by atoms with E-state index in [2.05, 4.69) is 9.97 Å². The Morgan fingerprint density at radius 3 is 2.62 bits per heavy atom. The molecule has 0 unspecified atom stereocenters. The van der Waals surface area contributed by atoms with Crippen LogP contribution in [-0.2, 0) is 0 Å². The molecule has 1 aliphatic rings. The minimum Gasteiger partial charge on any atom is -0.335 e. The molecule has 2 aromatic rings. The quantitative estimate of drug-likeness (QED) is 0.488. The van der Waals surface area contributed by atoms with E-state index in [9.17, 15) is 0 Å². The number of nitrogens with zero attached hydrogens (tertiary/aromatic N) is 1. The molecule has 0 aliphatic carbocycles. The fourth-order valence-corrected chi connectivity index (χ4v) is 2.19. The Kier molecular flexibility index (Phi) is 3.63. The Morgan fingerprint density at radius 2 is 2.12 bits per heavy atom. The molecule has 5 heteroatoms. The summed E-state index contributed by atoms with van der Waals surface area (Å²) in [6, 6.07) is 7.82. The molecule has 0 amide bonds. The maximum atomic E-state index is 5.66. The number of halogens is 1. The van der Waals surface area contributed by atoms with Crippen LogP contribution in [0.3, 0.4) is 0 Å². The predicted octanol–water partition coefficient (Wildman–Crippen LogP) is 4.25. The molecule has 0 saturated heterocycles. The number of benzene rings is 1. The molecule has 1 aromatic carbocycles. The van der Waals surface area contributed by atoms with Gasteiger partial charge in [-0.2, -0.15) is 0 Å². The third-order valence-electron chi connectivity index (χ3n) is 1.90. The SMILES string of the molecule is Cc1ccnc(=S)[nH]1.Clc1ccc2c(c1)S2. The van der Waals surface area contributed by atoms with Gasteiger partial charge in [0.2, 0.25) is 0 Å². The summed E-state index contributed by atoms with van der Waals surface area (Å²) in [5.41, 5.74) is 1.05. The lowest BCUT2D eigenvalue weighted by Crippen LogP contribution is -1.81. The van der Waals surface area contributed by atoms with Gasteiger partial charge in [0.05, 0.1) is 0 Å². The summed E-state index contributed by atoms with van der Waals surface area (Å²) < 4.78 is 0.546. The van der Waals surface area contributed by atoms with E-state index in [-0.39, 0.29) is 0 Å². The van der Waals surface area contributed by atoms with E-state index in [0.717, 1.165) is 10.7 Å². The molecule has 3 rings (SSSR count). The van der Waals surface area contributed by atoms with Crippen LogP contribution in [0.15, 0.2) is 40.3 Å². The highest BCUT2D eigenvalue weighted by atomic mass is 35.5. The summed E-state index contributed by atoms with van der Waals surface area (Å²) in [4.78, 5) is 9.37. The number of rotatable bonds is 0. The largest absolute Gasteiger partial charge is 0.335 e. The van der Waals surface area contributed by atoms with Crippen LogP contribution in [0.1, 0.15) is 5.69 Å². The van der Waals surface area contributed by atoms with Crippen molar-refractivity contribution in [2.24, 2.45) is 0 Å². The van der Waals surface area contributed by atoms with Gasteiger partial charge >= 0.3 is 0 Å². The molecule has 1 aromatic heterocycles. The molecular formula is C11H9ClN2S2. The van der Waals surface area contributed by atoms with Gasteiger partial charge < -0.3 is 4.98 Å². The van der Waals surface area contributed by atoms with Crippen LogP contribution >= 0.6 is 35.6 Å². The van der Waals surface area contributed by atoms with Crippen LogP contribution in [0.2, 0.25) is 5.02 Å². The first-order valence-corrected chi connectivity index (χ1v) is 6.25. The fourth-order valence-electron chi connectivity index (χ4n) is 1.10. The van der Waals surface area contributed by atoms with E-state index in [1.807, 2.05) is 31.2 Å². The highest BCUT2D eigenvalue weighted by molar-refractivity contribution is 8.05. The summed E-state index contributed by atoms with van der Waals surface area (Å²) in [7, 11) is 0. The molecule has 0 fully saturated rings. The summed E-state index contributed by atoms with van der Waals surface area (Å²) >= 11 is 12.2. The standard InChI is InChI=1S/C6H3ClS.C5H6N2S/c7-4-1-2-5-6(3-4)8-5;1-4-2-3-6-5(8)7-4/h1-3H;2-3H,1H3,(H,6,7,8). The number of nitrogens with one attached hydrogen (secondary N) is 1. The van der Waals surface area contributed by atoms with Crippen molar-refractivity contribution >= 4 is 35.6 Å². The van der Waals surface area contributed by atoms with Crippen molar-refractivity contribution in [3.63, 3.8) is 0 Å². The number of aromatic amines is 1. The van der Waals surface area contributed by atoms with Gasteiger partial charge in [-0.15, -0.1) is 0 Å². The van der Waals surface area contributed by atoms with Crippen molar-refractivity contribution in [3.8, 4) is 0 Å². The van der Waals surface area contributed by atoms with E-state index in [1.54, 1.807) is 18.0 Å². The van der Waals surface area contributed by atoms with E-state index in [4.69, 9.17) is 23.8 Å². The topological polar surface area (TPSA) is 28.7 Å². The highest BCUT2D eigenvalue weighted by Gasteiger charge is 2.16. The Labute approximate surface area is 108 Å². The number of hydrogen-bond donors (Lipinski definition) is 1. The number of fused-ring (bicyclic) bond motifs is 1. The molecule has 1 aliphatic heterocycles. The van der Waals surface area contributed by atoms with Crippen LogP contribution in [-0.4, -0.2) is 9.97 Å². The minimum absolute atomic E-state index is 0.546. The third-order valence-corrected chi connectivity index (χ3v) is 3.28. The number of aryl methyl sites for hydroxylation is 1. The van der Waals surface area contributed by atoms with E-state index >= 15 is 0 Å². The van der Waals surface area contributed by atoms with Gasteiger partial charge in [0.25, 0.3) is 0 Å². The van der Waals surface area contributed by atoms with Crippen LogP contribution in [0, 0.1) is 11.7 Å².